The number of amides is 1. The zero-order chi connectivity index (χ0) is 21.9. The summed E-state index contributed by atoms with van der Waals surface area (Å²) in [5.74, 6) is 1.67. The predicted molar refractivity (Wildman–Crippen MR) is 125 cm³/mol. The summed E-state index contributed by atoms with van der Waals surface area (Å²) >= 11 is 0. The third-order valence-electron chi connectivity index (χ3n) is 4.85. The van der Waals surface area contributed by atoms with E-state index < -0.39 is 0 Å². The molecule has 2 aromatic rings. The molecule has 3 N–H and O–H groups in total. The van der Waals surface area contributed by atoms with E-state index in [1.54, 1.807) is 0 Å². The van der Waals surface area contributed by atoms with Crippen molar-refractivity contribution in [3.05, 3.63) is 47.7 Å². The summed E-state index contributed by atoms with van der Waals surface area (Å²) in [7, 11) is 0. The maximum atomic E-state index is 12.9. The van der Waals surface area contributed by atoms with Crippen molar-refractivity contribution < 1.29 is 4.79 Å². The van der Waals surface area contributed by atoms with Crippen LogP contribution >= 0.6 is 0 Å². The van der Waals surface area contributed by atoms with Crippen LogP contribution in [0.3, 0.4) is 0 Å². The summed E-state index contributed by atoms with van der Waals surface area (Å²) in [5, 5.41) is 9.77. The molecule has 2 rings (SSSR count). The second-order valence-corrected chi connectivity index (χ2v) is 8.41. The molecule has 1 heterocycles. The van der Waals surface area contributed by atoms with Crippen LogP contribution in [0.5, 0.6) is 0 Å². The molecule has 0 spiro atoms. The fourth-order valence-electron chi connectivity index (χ4n) is 3.41. The topological polar surface area (TPSA) is 78.9 Å². The minimum absolute atomic E-state index is 0.00440. The summed E-state index contributed by atoms with van der Waals surface area (Å²) in [4.78, 5) is 22.0. The summed E-state index contributed by atoms with van der Waals surface area (Å²) < 4.78 is 0. The van der Waals surface area contributed by atoms with Gasteiger partial charge < -0.3 is 16.0 Å². The van der Waals surface area contributed by atoms with Crippen LogP contribution in [0.4, 0.5) is 11.8 Å². The van der Waals surface area contributed by atoms with Crippen molar-refractivity contribution in [3.8, 4) is 0 Å². The standard InChI is InChI=1S/C24H37N5O/c1-6-10-18(4)26-24-27-19(5)16-22(29-24)28-21(15-17(2)3)23(30)25-14-13-20-11-8-7-9-12-20/h7-9,11-12,16-18,21H,6,10,13-15H2,1-5H3,(H,25,30)(H2,26,27,28,29)/t18?,21-/m0/s1. The van der Waals surface area contributed by atoms with Gasteiger partial charge in [-0.3, -0.25) is 4.79 Å². The van der Waals surface area contributed by atoms with Gasteiger partial charge in [0.15, 0.2) is 0 Å². The Balaban J connectivity index is 2.02. The summed E-state index contributed by atoms with van der Waals surface area (Å²) in [6.45, 7) is 11.1. The van der Waals surface area contributed by atoms with Gasteiger partial charge in [0.05, 0.1) is 0 Å². The number of nitrogens with zero attached hydrogens (tertiary/aromatic N) is 2. The van der Waals surface area contributed by atoms with Gasteiger partial charge in [0.2, 0.25) is 11.9 Å². The number of benzene rings is 1. The monoisotopic (exact) mass is 411 g/mol. The van der Waals surface area contributed by atoms with Crippen molar-refractivity contribution in [2.45, 2.75) is 72.4 Å². The number of carbonyl (C=O) groups is 1. The molecule has 164 valence electrons. The second kappa shape index (κ2) is 12.2. The van der Waals surface area contributed by atoms with Gasteiger partial charge in [-0.1, -0.05) is 57.5 Å². The van der Waals surface area contributed by atoms with Crippen LogP contribution in [-0.4, -0.2) is 34.5 Å². The number of hydrogen-bond acceptors (Lipinski definition) is 5. The molecule has 0 aliphatic heterocycles. The van der Waals surface area contributed by atoms with E-state index >= 15 is 0 Å². The molecule has 6 heteroatoms. The average molecular weight is 412 g/mol. The Morgan fingerprint density at radius 1 is 1.07 bits per heavy atom. The molecule has 6 nitrogen and oxygen atoms in total. The van der Waals surface area contributed by atoms with Gasteiger partial charge in [-0.25, -0.2) is 4.98 Å². The van der Waals surface area contributed by atoms with Crippen LogP contribution in [0, 0.1) is 12.8 Å². The van der Waals surface area contributed by atoms with Crippen molar-refractivity contribution in [1.82, 2.24) is 15.3 Å². The lowest BCUT2D eigenvalue weighted by Crippen LogP contribution is -2.41. The first kappa shape index (κ1) is 23.6. The highest BCUT2D eigenvalue weighted by molar-refractivity contribution is 5.84. The van der Waals surface area contributed by atoms with E-state index in [1.165, 1.54) is 5.56 Å². The van der Waals surface area contributed by atoms with Crippen LogP contribution in [0.2, 0.25) is 0 Å². The molecule has 0 bridgehead atoms. The zero-order valence-corrected chi connectivity index (χ0v) is 19.0. The van der Waals surface area contributed by atoms with Gasteiger partial charge in [0.1, 0.15) is 11.9 Å². The van der Waals surface area contributed by atoms with E-state index in [-0.39, 0.29) is 11.9 Å². The third-order valence-corrected chi connectivity index (χ3v) is 4.85. The number of aromatic nitrogens is 2. The molecule has 1 unspecified atom stereocenters. The van der Waals surface area contributed by atoms with Gasteiger partial charge >= 0.3 is 0 Å². The van der Waals surface area contributed by atoms with E-state index in [2.05, 4.69) is 65.7 Å². The number of hydrogen-bond donors (Lipinski definition) is 3. The molecule has 1 aromatic carbocycles. The van der Waals surface area contributed by atoms with Crippen molar-refractivity contribution >= 4 is 17.7 Å². The summed E-state index contributed by atoms with van der Waals surface area (Å²) in [6.07, 6.45) is 3.71. The molecule has 2 atom stereocenters. The number of rotatable bonds is 12. The van der Waals surface area contributed by atoms with Gasteiger partial charge in [-0.2, -0.15) is 4.98 Å². The number of aryl methyl sites for hydroxylation is 1. The Morgan fingerprint density at radius 3 is 2.47 bits per heavy atom. The van der Waals surface area contributed by atoms with Crippen molar-refractivity contribution in [1.29, 1.82) is 0 Å². The highest BCUT2D eigenvalue weighted by Gasteiger charge is 2.20. The number of carbonyl (C=O) groups excluding carboxylic acids is 1. The highest BCUT2D eigenvalue weighted by Crippen LogP contribution is 2.16. The molecule has 30 heavy (non-hydrogen) atoms. The van der Waals surface area contributed by atoms with E-state index in [0.717, 1.165) is 31.4 Å². The minimum atomic E-state index is -0.337. The second-order valence-electron chi connectivity index (χ2n) is 8.41. The lowest BCUT2D eigenvalue weighted by atomic mass is 10.0. The van der Waals surface area contributed by atoms with Crippen LogP contribution in [-0.2, 0) is 11.2 Å². The lowest BCUT2D eigenvalue weighted by Gasteiger charge is -2.21. The number of anilines is 2. The largest absolute Gasteiger partial charge is 0.358 e. The molecule has 1 aromatic heterocycles. The first-order valence-electron chi connectivity index (χ1n) is 11.1. The van der Waals surface area contributed by atoms with Crippen LogP contribution in [0.1, 0.15) is 58.2 Å². The Hall–Kier alpha value is -2.63. The number of nitrogens with one attached hydrogen (secondary N) is 3. The maximum absolute atomic E-state index is 12.9. The molecule has 0 saturated carbocycles. The summed E-state index contributed by atoms with van der Waals surface area (Å²) in [6, 6.07) is 12.0. The van der Waals surface area contributed by atoms with Gasteiger partial charge in [0, 0.05) is 24.3 Å². The molecule has 1 amide bonds. The van der Waals surface area contributed by atoms with Crippen molar-refractivity contribution in [2.75, 3.05) is 17.2 Å². The fourth-order valence-corrected chi connectivity index (χ4v) is 3.41. The molecule has 0 saturated heterocycles. The zero-order valence-electron chi connectivity index (χ0n) is 19.0. The van der Waals surface area contributed by atoms with Crippen LogP contribution < -0.4 is 16.0 Å². The van der Waals surface area contributed by atoms with Crippen molar-refractivity contribution in [3.63, 3.8) is 0 Å². The first-order chi connectivity index (χ1) is 14.4. The fraction of sp³-hybridized carbons (Fsp3) is 0.542. The van der Waals surface area contributed by atoms with Gasteiger partial charge in [0.25, 0.3) is 0 Å². The molecule has 0 fully saturated rings. The lowest BCUT2D eigenvalue weighted by molar-refractivity contribution is -0.122. The Morgan fingerprint density at radius 2 is 1.80 bits per heavy atom. The van der Waals surface area contributed by atoms with E-state index in [1.807, 2.05) is 31.2 Å². The first-order valence-corrected chi connectivity index (χ1v) is 11.1. The van der Waals surface area contributed by atoms with Crippen LogP contribution in [0.25, 0.3) is 0 Å². The molecule has 0 aliphatic rings. The van der Waals surface area contributed by atoms with E-state index in [9.17, 15) is 4.79 Å². The van der Waals surface area contributed by atoms with E-state index in [4.69, 9.17) is 0 Å². The third kappa shape index (κ3) is 8.39. The summed E-state index contributed by atoms with van der Waals surface area (Å²) in [5.41, 5.74) is 2.08. The van der Waals surface area contributed by atoms with Crippen molar-refractivity contribution in [2.24, 2.45) is 5.92 Å². The van der Waals surface area contributed by atoms with Gasteiger partial charge in [-0.15, -0.1) is 0 Å². The molecule has 0 aliphatic carbocycles. The predicted octanol–water partition coefficient (Wildman–Crippen LogP) is 4.57. The van der Waals surface area contributed by atoms with E-state index in [0.29, 0.717) is 30.3 Å². The normalized spacial score (nSPS) is 13.0. The SMILES string of the molecule is CCCC(C)Nc1nc(C)cc(N[C@@H](CC(C)C)C(=O)NCCc2ccccc2)n1. The minimum Gasteiger partial charge on any atom is -0.358 e. The van der Waals surface area contributed by atoms with Gasteiger partial charge in [-0.05, 0) is 44.6 Å². The average Bonchev–Trinajstić information content (AvgIpc) is 2.67. The Kier molecular flexibility index (Phi) is 9.58. The maximum Gasteiger partial charge on any atom is 0.242 e. The smallest absolute Gasteiger partial charge is 0.242 e. The van der Waals surface area contributed by atoms with Crippen LogP contribution in [0.15, 0.2) is 36.4 Å². The molecule has 0 radical (unpaired) electrons. The Labute approximate surface area is 181 Å². The highest BCUT2D eigenvalue weighted by atomic mass is 16.2. The molecular formula is C24H37N5O. The molecular weight excluding hydrogens is 374 g/mol. The quantitative estimate of drug-likeness (QED) is 0.477. The Bertz CT molecular complexity index is 778.